The summed E-state index contributed by atoms with van der Waals surface area (Å²) >= 11 is 6.39. The number of anilines is 3. The van der Waals surface area contributed by atoms with Crippen LogP contribution < -0.4 is 20.5 Å². The first-order chi connectivity index (χ1) is 16.1. The summed E-state index contributed by atoms with van der Waals surface area (Å²) in [5.41, 5.74) is 0.974. The Hall–Kier alpha value is -3.33. The van der Waals surface area contributed by atoms with E-state index in [0.717, 1.165) is 13.1 Å². The number of aryl methyl sites for hydroxylation is 1. The van der Waals surface area contributed by atoms with Crippen molar-refractivity contribution in [2.45, 2.75) is 33.3 Å². The number of halogens is 1. The van der Waals surface area contributed by atoms with Crippen molar-refractivity contribution in [1.82, 2.24) is 14.5 Å². The van der Waals surface area contributed by atoms with E-state index in [0.29, 0.717) is 45.2 Å². The number of carbonyl (C=O) groups is 1. The molecule has 0 radical (unpaired) electrons. The summed E-state index contributed by atoms with van der Waals surface area (Å²) in [5, 5.41) is 13.5. The molecule has 34 heavy (non-hydrogen) atoms. The zero-order chi connectivity index (χ0) is 24.6. The van der Waals surface area contributed by atoms with Crippen molar-refractivity contribution in [1.29, 1.82) is 0 Å². The van der Waals surface area contributed by atoms with Gasteiger partial charge in [-0.1, -0.05) is 25.4 Å². The molecule has 3 atom stereocenters. The van der Waals surface area contributed by atoms with Gasteiger partial charge in [-0.25, -0.2) is 9.78 Å². The van der Waals surface area contributed by atoms with Crippen LogP contribution in [0.4, 0.5) is 17.5 Å². The molecule has 3 heterocycles. The van der Waals surface area contributed by atoms with Gasteiger partial charge >= 0.3 is 5.97 Å². The molecule has 2 N–H and O–H groups in total. The Bertz CT molecular complexity index is 1280. The van der Waals surface area contributed by atoms with E-state index >= 15 is 0 Å². The first-order valence-electron chi connectivity index (χ1n) is 11.2. The molecule has 0 bridgehead atoms. The Morgan fingerprint density at radius 2 is 1.97 bits per heavy atom. The molecule has 0 saturated carbocycles. The van der Waals surface area contributed by atoms with Gasteiger partial charge in [0.15, 0.2) is 17.7 Å². The van der Waals surface area contributed by atoms with Crippen LogP contribution in [0.5, 0.6) is 5.75 Å². The molecule has 2 aromatic heterocycles. The Labute approximate surface area is 202 Å². The van der Waals surface area contributed by atoms with Crippen LogP contribution in [0.3, 0.4) is 0 Å². The van der Waals surface area contributed by atoms with Crippen molar-refractivity contribution in [3.63, 3.8) is 0 Å². The molecule has 9 nitrogen and oxygen atoms in total. The van der Waals surface area contributed by atoms with E-state index in [2.05, 4.69) is 34.0 Å². The normalized spacial score (nSPS) is 19.1. The molecular weight excluding hydrogens is 458 g/mol. The SMILES string of the molecule is CC1CC(C)CN(c2ncc(Cl)c(Nc3ccc4c(c3)cc(OC(C)C(=O)O)c(=O)n4C)n2)C1. The van der Waals surface area contributed by atoms with Crippen molar-refractivity contribution < 1.29 is 14.6 Å². The zero-order valence-corrected chi connectivity index (χ0v) is 20.3. The highest BCUT2D eigenvalue weighted by atomic mass is 35.5. The second-order valence-corrected chi connectivity index (χ2v) is 9.49. The summed E-state index contributed by atoms with van der Waals surface area (Å²) in [5.74, 6) is 1.06. The molecule has 1 fully saturated rings. The van der Waals surface area contributed by atoms with E-state index in [-0.39, 0.29) is 5.75 Å². The van der Waals surface area contributed by atoms with Crippen LogP contribution in [0, 0.1) is 11.8 Å². The number of carboxylic acids is 1. The number of aromatic nitrogens is 3. The highest BCUT2D eigenvalue weighted by molar-refractivity contribution is 6.32. The van der Waals surface area contributed by atoms with Crippen LogP contribution in [0.1, 0.15) is 27.2 Å². The average molecular weight is 486 g/mol. The Morgan fingerprint density at radius 1 is 1.26 bits per heavy atom. The minimum Gasteiger partial charge on any atom is -0.479 e. The number of aliphatic carboxylic acids is 1. The van der Waals surface area contributed by atoms with Gasteiger partial charge < -0.3 is 24.6 Å². The maximum absolute atomic E-state index is 12.6. The highest BCUT2D eigenvalue weighted by Crippen LogP contribution is 2.30. The van der Waals surface area contributed by atoms with Crippen LogP contribution >= 0.6 is 11.6 Å². The van der Waals surface area contributed by atoms with Crippen LogP contribution in [0.2, 0.25) is 5.02 Å². The highest BCUT2D eigenvalue weighted by Gasteiger charge is 2.24. The summed E-state index contributed by atoms with van der Waals surface area (Å²) in [7, 11) is 1.62. The molecule has 3 unspecified atom stereocenters. The predicted octanol–water partition coefficient (Wildman–Crippen LogP) is 4.06. The Kier molecular flexibility index (Phi) is 6.65. The van der Waals surface area contributed by atoms with Gasteiger partial charge in [0.2, 0.25) is 5.95 Å². The van der Waals surface area contributed by atoms with E-state index in [1.807, 2.05) is 12.1 Å². The van der Waals surface area contributed by atoms with Crippen molar-refractivity contribution in [3.05, 3.63) is 45.8 Å². The number of nitrogens with one attached hydrogen (secondary N) is 1. The topological polar surface area (TPSA) is 110 Å². The Morgan fingerprint density at radius 3 is 2.65 bits per heavy atom. The van der Waals surface area contributed by atoms with Gasteiger partial charge in [0.25, 0.3) is 5.56 Å². The van der Waals surface area contributed by atoms with Crippen LogP contribution in [-0.2, 0) is 11.8 Å². The first-order valence-corrected chi connectivity index (χ1v) is 11.6. The molecule has 3 aromatic rings. The van der Waals surface area contributed by atoms with Crippen molar-refractivity contribution in [3.8, 4) is 5.75 Å². The molecule has 1 aromatic carbocycles. The third-order valence-corrected chi connectivity index (χ3v) is 6.26. The van der Waals surface area contributed by atoms with Crippen molar-refractivity contribution in [2.24, 2.45) is 18.9 Å². The largest absolute Gasteiger partial charge is 0.479 e. The van der Waals surface area contributed by atoms with Crippen molar-refractivity contribution in [2.75, 3.05) is 23.3 Å². The maximum Gasteiger partial charge on any atom is 0.344 e. The lowest BCUT2D eigenvalue weighted by atomic mass is 9.92. The van der Waals surface area contributed by atoms with Gasteiger partial charge in [-0.15, -0.1) is 0 Å². The number of fused-ring (bicyclic) bond motifs is 1. The molecule has 0 aliphatic carbocycles. The maximum atomic E-state index is 12.6. The lowest BCUT2D eigenvalue weighted by molar-refractivity contribution is -0.144. The molecule has 0 spiro atoms. The van der Waals surface area contributed by atoms with Gasteiger partial charge in [0.1, 0.15) is 5.02 Å². The van der Waals surface area contributed by atoms with Gasteiger partial charge in [-0.3, -0.25) is 4.79 Å². The smallest absolute Gasteiger partial charge is 0.344 e. The number of hydrogen-bond donors (Lipinski definition) is 2. The Balaban J connectivity index is 1.65. The van der Waals surface area contributed by atoms with Gasteiger partial charge in [0.05, 0.1) is 11.7 Å². The number of piperidine rings is 1. The number of ether oxygens (including phenoxy) is 1. The number of rotatable bonds is 6. The predicted molar refractivity (Wildman–Crippen MR) is 132 cm³/mol. The van der Waals surface area contributed by atoms with Gasteiger partial charge in [0, 0.05) is 31.2 Å². The van der Waals surface area contributed by atoms with Gasteiger partial charge in [-0.05, 0) is 49.4 Å². The third kappa shape index (κ3) is 4.94. The number of carboxylic acid groups (broad SMARTS) is 1. The third-order valence-electron chi connectivity index (χ3n) is 5.99. The standard InChI is InChI=1S/C24H28ClN5O4/c1-13-7-14(2)12-30(11-13)24-26-10-18(25)21(28-24)27-17-5-6-19-16(8-17)9-20(22(31)29(19)4)34-15(3)23(32)33/h5-6,8-10,13-15H,7,11-12H2,1-4H3,(H,32,33)(H,26,27,28). The van der Waals surface area contributed by atoms with Crippen LogP contribution in [0.25, 0.3) is 10.9 Å². The van der Waals surface area contributed by atoms with E-state index in [9.17, 15) is 9.59 Å². The number of benzene rings is 1. The summed E-state index contributed by atoms with van der Waals surface area (Å²) in [6.45, 7) is 7.63. The molecule has 1 aliphatic heterocycles. The quantitative estimate of drug-likeness (QED) is 0.538. The minimum atomic E-state index is -1.15. The summed E-state index contributed by atoms with van der Waals surface area (Å²) in [4.78, 5) is 35.0. The molecule has 1 saturated heterocycles. The summed E-state index contributed by atoms with van der Waals surface area (Å²) < 4.78 is 6.80. The monoisotopic (exact) mass is 485 g/mol. The van der Waals surface area contributed by atoms with Crippen LogP contribution in [0.15, 0.2) is 35.3 Å². The average Bonchev–Trinajstić information content (AvgIpc) is 2.78. The number of pyridine rings is 1. The van der Waals surface area contributed by atoms with Crippen molar-refractivity contribution >= 4 is 45.9 Å². The minimum absolute atomic E-state index is 0.0299. The number of nitrogens with zero attached hydrogens (tertiary/aromatic N) is 4. The number of hydrogen-bond acceptors (Lipinski definition) is 7. The fourth-order valence-corrected chi connectivity index (χ4v) is 4.56. The molecule has 180 valence electrons. The second-order valence-electron chi connectivity index (χ2n) is 9.09. The lowest BCUT2D eigenvalue weighted by Gasteiger charge is -2.35. The second kappa shape index (κ2) is 9.50. The lowest BCUT2D eigenvalue weighted by Crippen LogP contribution is -2.39. The summed E-state index contributed by atoms with van der Waals surface area (Å²) in [6, 6.07) is 7.00. The first kappa shape index (κ1) is 23.8. The summed E-state index contributed by atoms with van der Waals surface area (Å²) in [6.07, 6.45) is 1.64. The van der Waals surface area contributed by atoms with E-state index in [4.69, 9.17) is 21.4 Å². The van der Waals surface area contributed by atoms with E-state index in [1.165, 1.54) is 17.9 Å². The fourth-order valence-electron chi connectivity index (χ4n) is 4.42. The van der Waals surface area contributed by atoms with E-state index in [1.54, 1.807) is 25.4 Å². The molecule has 4 rings (SSSR count). The zero-order valence-electron chi connectivity index (χ0n) is 19.6. The van der Waals surface area contributed by atoms with E-state index < -0.39 is 17.6 Å². The van der Waals surface area contributed by atoms with Gasteiger partial charge in [-0.2, -0.15) is 4.98 Å². The molecule has 0 amide bonds. The molecular formula is C24H28ClN5O4. The fraction of sp³-hybridized carbons (Fsp3) is 0.417. The molecule has 1 aliphatic rings. The molecule has 10 heteroatoms. The van der Waals surface area contributed by atoms with Crippen LogP contribution in [-0.4, -0.2) is 44.8 Å².